The highest BCUT2D eigenvalue weighted by Crippen LogP contribution is 2.28. The smallest absolute Gasteiger partial charge is 0.00986 e. The number of hydrogen-bond acceptors (Lipinski definition) is 2. The Hall–Kier alpha value is -0.340. The zero-order valence-corrected chi connectivity index (χ0v) is 10.4. The van der Waals surface area contributed by atoms with Crippen molar-refractivity contribution in [2.75, 3.05) is 6.54 Å². The van der Waals surface area contributed by atoms with Crippen LogP contribution in [0.2, 0.25) is 0 Å². The van der Waals surface area contributed by atoms with Crippen LogP contribution in [0.1, 0.15) is 37.5 Å². The summed E-state index contributed by atoms with van der Waals surface area (Å²) in [6.45, 7) is 3.34. The quantitative estimate of drug-likeness (QED) is 0.824. The molecule has 0 aliphatic heterocycles. The molecule has 2 unspecified atom stereocenters. The third-order valence-electron chi connectivity index (χ3n) is 3.42. The lowest BCUT2D eigenvalue weighted by Crippen LogP contribution is -2.39. The lowest BCUT2D eigenvalue weighted by Gasteiger charge is -2.31. The van der Waals surface area contributed by atoms with Gasteiger partial charge in [0.1, 0.15) is 0 Å². The van der Waals surface area contributed by atoms with Gasteiger partial charge in [-0.05, 0) is 43.2 Å². The molecule has 1 N–H and O–H groups in total. The number of thiophene rings is 1. The van der Waals surface area contributed by atoms with Crippen molar-refractivity contribution in [3.05, 3.63) is 22.4 Å². The third kappa shape index (κ3) is 3.05. The van der Waals surface area contributed by atoms with Crippen molar-refractivity contribution in [1.82, 2.24) is 5.32 Å². The fraction of sp³-hybridized carbons (Fsp3) is 0.692. The van der Waals surface area contributed by atoms with Gasteiger partial charge in [-0.25, -0.2) is 0 Å². The topological polar surface area (TPSA) is 12.0 Å². The molecule has 15 heavy (non-hydrogen) atoms. The molecule has 1 aliphatic rings. The Bertz CT molecular complexity index is 266. The summed E-state index contributed by atoms with van der Waals surface area (Å²) in [6.07, 6.45) is 6.92. The standard InChI is InChI=1S/C13H21NS/c1-2-14-13-8-4-3-6-11(13)10-12-7-5-9-15-12/h5,7,9,11,13-14H,2-4,6,8,10H2,1H3. The summed E-state index contributed by atoms with van der Waals surface area (Å²) in [5.41, 5.74) is 0. The largest absolute Gasteiger partial charge is 0.314 e. The number of hydrogen-bond donors (Lipinski definition) is 1. The Morgan fingerprint density at radius 1 is 1.40 bits per heavy atom. The van der Waals surface area contributed by atoms with Gasteiger partial charge in [0.15, 0.2) is 0 Å². The first kappa shape index (κ1) is 11.2. The van der Waals surface area contributed by atoms with E-state index in [2.05, 4.69) is 29.8 Å². The maximum Gasteiger partial charge on any atom is 0.00986 e. The molecule has 1 saturated carbocycles. The van der Waals surface area contributed by atoms with Crippen molar-refractivity contribution in [1.29, 1.82) is 0 Å². The molecule has 2 atom stereocenters. The molecule has 1 fully saturated rings. The molecule has 2 heteroatoms. The van der Waals surface area contributed by atoms with Crippen molar-refractivity contribution in [3.8, 4) is 0 Å². The van der Waals surface area contributed by atoms with E-state index in [0.717, 1.165) is 18.5 Å². The Kier molecular flexibility index (Phi) is 4.21. The second kappa shape index (κ2) is 5.66. The van der Waals surface area contributed by atoms with Crippen LogP contribution in [0.5, 0.6) is 0 Å². The highest BCUT2D eigenvalue weighted by Gasteiger charge is 2.24. The Labute approximate surface area is 96.9 Å². The van der Waals surface area contributed by atoms with Gasteiger partial charge in [0.2, 0.25) is 0 Å². The zero-order valence-electron chi connectivity index (χ0n) is 9.54. The van der Waals surface area contributed by atoms with Gasteiger partial charge in [-0.3, -0.25) is 0 Å². The molecule has 0 amide bonds. The summed E-state index contributed by atoms with van der Waals surface area (Å²) in [5.74, 6) is 0.873. The lowest BCUT2D eigenvalue weighted by molar-refractivity contribution is 0.265. The van der Waals surface area contributed by atoms with Gasteiger partial charge in [0, 0.05) is 10.9 Å². The van der Waals surface area contributed by atoms with E-state index in [-0.39, 0.29) is 0 Å². The first-order chi connectivity index (χ1) is 7.40. The molecule has 1 aliphatic carbocycles. The van der Waals surface area contributed by atoms with Crippen molar-refractivity contribution in [3.63, 3.8) is 0 Å². The molecule has 1 aromatic heterocycles. The monoisotopic (exact) mass is 223 g/mol. The van der Waals surface area contributed by atoms with Gasteiger partial charge in [-0.15, -0.1) is 11.3 Å². The summed E-state index contributed by atoms with van der Waals surface area (Å²) < 4.78 is 0. The zero-order chi connectivity index (χ0) is 10.5. The van der Waals surface area contributed by atoms with Gasteiger partial charge in [-0.2, -0.15) is 0 Å². The van der Waals surface area contributed by atoms with E-state index in [4.69, 9.17) is 0 Å². The summed E-state index contributed by atoms with van der Waals surface area (Å²) in [5, 5.41) is 5.85. The van der Waals surface area contributed by atoms with Crippen molar-refractivity contribution in [2.24, 2.45) is 5.92 Å². The van der Waals surface area contributed by atoms with Crippen molar-refractivity contribution < 1.29 is 0 Å². The SMILES string of the molecule is CCNC1CCCCC1Cc1cccs1. The molecular formula is C13H21NS. The van der Waals surface area contributed by atoms with Crippen LogP contribution in [0.4, 0.5) is 0 Å². The van der Waals surface area contributed by atoms with Crippen LogP contribution in [0.25, 0.3) is 0 Å². The maximum absolute atomic E-state index is 3.65. The van der Waals surface area contributed by atoms with E-state index in [0.29, 0.717) is 0 Å². The average Bonchev–Trinajstić information content (AvgIpc) is 2.74. The molecule has 0 radical (unpaired) electrons. The Morgan fingerprint density at radius 2 is 2.27 bits per heavy atom. The summed E-state index contributed by atoms with van der Waals surface area (Å²) in [7, 11) is 0. The van der Waals surface area contributed by atoms with Crippen LogP contribution >= 0.6 is 11.3 Å². The number of rotatable bonds is 4. The summed E-state index contributed by atoms with van der Waals surface area (Å²) in [6, 6.07) is 5.22. The van der Waals surface area contributed by atoms with Crippen LogP contribution in [-0.2, 0) is 6.42 Å². The molecule has 0 bridgehead atoms. The minimum absolute atomic E-state index is 0.769. The molecule has 0 aromatic carbocycles. The van der Waals surface area contributed by atoms with Crippen LogP contribution < -0.4 is 5.32 Å². The van der Waals surface area contributed by atoms with E-state index in [9.17, 15) is 0 Å². The molecule has 2 rings (SSSR count). The minimum atomic E-state index is 0.769. The molecule has 84 valence electrons. The van der Waals surface area contributed by atoms with Gasteiger partial charge >= 0.3 is 0 Å². The predicted molar refractivity (Wildman–Crippen MR) is 67.4 cm³/mol. The Morgan fingerprint density at radius 3 is 3.00 bits per heavy atom. The fourth-order valence-electron chi connectivity index (χ4n) is 2.67. The van der Waals surface area contributed by atoms with Crippen molar-refractivity contribution >= 4 is 11.3 Å². The fourth-order valence-corrected chi connectivity index (χ4v) is 3.47. The van der Waals surface area contributed by atoms with Crippen LogP contribution in [0.3, 0.4) is 0 Å². The molecule has 0 spiro atoms. The van der Waals surface area contributed by atoms with Gasteiger partial charge in [-0.1, -0.05) is 25.8 Å². The molecular weight excluding hydrogens is 202 g/mol. The van der Waals surface area contributed by atoms with Gasteiger partial charge in [0.05, 0.1) is 0 Å². The molecule has 1 heterocycles. The number of nitrogens with one attached hydrogen (secondary N) is 1. The van der Waals surface area contributed by atoms with E-state index in [1.54, 1.807) is 4.88 Å². The minimum Gasteiger partial charge on any atom is -0.314 e. The normalized spacial score (nSPS) is 26.7. The lowest BCUT2D eigenvalue weighted by atomic mass is 9.82. The molecule has 0 saturated heterocycles. The van der Waals surface area contributed by atoms with Crippen LogP contribution in [0, 0.1) is 5.92 Å². The first-order valence-corrected chi connectivity index (χ1v) is 7.04. The van der Waals surface area contributed by atoms with E-state index in [1.165, 1.54) is 32.1 Å². The van der Waals surface area contributed by atoms with Crippen molar-refractivity contribution in [2.45, 2.75) is 45.1 Å². The second-order valence-corrected chi connectivity index (χ2v) is 5.52. The van der Waals surface area contributed by atoms with E-state index < -0.39 is 0 Å². The van der Waals surface area contributed by atoms with Crippen LogP contribution in [0.15, 0.2) is 17.5 Å². The highest BCUT2D eigenvalue weighted by atomic mass is 32.1. The van der Waals surface area contributed by atoms with E-state index in [1.807, 2.05) is 11.3 Å². The molecule has 1 aromatic rings. The summed E-state index contributed by atoms with van der Waals surface area (Å²) >= 11 is 1.91. The van der Waals surface area contributed by atoms with E-state index >= 15 is 0 Å². The highest BCUT2D eigenvalue weighted by molar-refractivity contribution is 7.09. The third-order valence-corrected chi connectivity index (χ3v) is 4.32. The van der Waals surface area contributed by atoms with Crippen LogP contribution in [-0.4, -0.2) is 12.6 Å². The average molecular weight is 223 g/mol. The Balaban J connectivity index is 1.92. The predicted octanol–water partition coefficient (Wildman–Crippen LogP) is 3.46. The molecule has 1 nitrogen and oxygen atoms in total. The second-order valence-electron chi connectivity index (χ2n) is 4.49. The van der Waals surface area contributed by atoms with Gasteiger partial charge < -0.3 is 5.32 Å². The van der Waals surface area contributed by atoms with Gasteiger partial charge in [0.25, 0.3) is 0 Å². The summed E-state index contributed by atoms with van der Waals surface area (Å²) in [4.78, 5) is 1.56. The first-order valence-electron chi connectivity index (χ1n) is 6.16. The maximum atomic E-state index is 3.65.